The summed E-state index contributed by atoms with van der Waals surface area (Å²) in [5.41, 5.74) is 2.16. The van der Waals surface area contributed by atoms with E-state index in [0.717, 1.165) is 37.4 Å². The summed E-state index contributed by atoms with van der Waals surface area (Å²) in [6.07, 6.45) is 5.83. The molecule has 0 spiro atoms. The molecule has 126 valence electrons. The molecule has 1 unspecified atom stereocenters. The summed E-state index contributed by atoms with van der Waals surface area (Å²) in [5, 5.41) is 0. The van der Waals surface area contributed by atoms with Crippen LogP contribution in [0.5, 0.6) is 5.75 Å². The van der Waals surface area contributed by atoms with Crippen molar-refractivity contribution in [2.75, 3.05) is 20.7 Å². The monoisotopic (exact) mass is 317 g/mol. The van der Waals surface area contributed by atoms with E-state index in [-0.39, 0.29) is 6.10 Å². The first kappa shape index (κ1) is 17.5. The normalized spacial score (nSPS) is 12.5. The molecule has 0 saturated carbocycles. The van der Waals surface area contributed by atoms with E-state index in [1.165, 1.54) is 5.56 Å². The summed E-state index contributed by atoms with van der Waals surface area (Å²) in [7, 11) is 3.85. The van der Waals surface area contributed by atoms with Gasteiger partial charge in [-0.3, -0.25) is 0 Å². The second-order valence-electron chi connectivity index (χ2n) is 5.74. The molecule has 5 heteroatoms. The molecule has 0 radical (unpaired) electrons. The van der Waals surface area contributed by atoms with Crippen LogP contribution in [0.1, 0.15) is 31.0 Å². The van der Waals surface area contributed by atoms with Crippen molar-refractivity contribution in [2.45, 2.75) is 39.0 Å². The van der Waals surface area contributed by atoms with Gasteiger partial charge in [0.25, 0.3) is 0 Å². The summed E-state index contributed by atoms with van der Waals surface area (Å²) in [6.45, 7) is 4.59. The lowest BCUT2D eigenvalue weighted by Crippen LogP contribution is -2.24. The van der Waals surface area contributed by atoms with Crippen LogP contribution < -0.4 is 4.74 Å². The Kier molecular flexibility index (Phi) is 7.10. The number of hydrogen-bond acceptors (Lipinski definition) is 4. The van der Waals surface area contributed by atoms with Crippen molar-refractivity contribution in [1.82, 2.24) is 14.9 Å². The highest BCUT2D eigenvalue weighted by Gasteiger charge is 2.11. The highest BCUT2D eigenvalue weighted by molar-refractivity contribution is 5.32. The second-order valence-corrected chi connectivity index (χ2v) is 5.74. The number of para-hydroxylation sites is 1. The third-order valence-corrected chi connectivity index (χ3v) is 3.94. The van der Waals surface area contributed by atoms with Gasteiger partial charge in [-0.05, 0) is 26.0 Å². The largest absolute Gasteiger partial charge is 0.496 e. The number of aromatic amines is 1. The second kappa shape index (κ2) is 9.33. The Hall–Kier alpha value is -1.85. The predicted octanol–water partition coefficient (Wildman–Crippen LogP) is 3.24. The molecule has 1 heterocycles. The summed E-state index contributed by atoms with van der Waals surface area (Å²) in [4.78, 5) is 9.44. The van der Waals surface area contributed by atoms with E-state index in [0.29, 0.717) is 6.61 Å². The zero-order chi connectivity index (χ0) is 16.5. The van der Waals surface area contributed by atoms with Gasteiger partial charge in [0, 0.05) is 24.8 Å². The molecular formula is C18H27N3O2. The average Bonchev–Trinajstić information content (AvgIpc) is 3.09. The molecule has 0 fully saturated rings. The number of nitrogens with zero attached hydrogens (tertiary/aromatic N) is 2. The lowest BCUT2D eigenvalue weighted by Gasteiger charge is -2.22. The first-order chi connectivity index (χ1) is 11.2. The molecule has 0 bridgehead atoms. The van der Waals surface area contributed by atoms with Crippen molar-refractivity contribution in [1.29, 1.82) is 0 Å². The van der Waals surface area contributed by atoms with E-state index >= 15 is 0 Å². The van der Waals surface area contributed by atoms with Crippen LogP contribution in [0.15, 0.2) is 36.8 Å². The average molecular weight is 317 g/mol. The molecule has 1 atom stereocenters. The van der Waals surface area contributed by atoms with Crippen molar-refractivity contribution in [3.8, 4) is 5.75 Å². The lowest BCUT2D eigenvalue weighted by atomic mass is 10.1. The van der Waals surface area contributed by atoms with E-state index in [2.05, 4.69) is 34.9 Å². The standard InChI is InChI=1S/C18H27N3O2/c1-4-17(23-13-16-11-19-14-20-16)9-10-21(2)12-15-7-5-6-8-18(15)22-3/h5-8,11,14,17H,4,9-10,12-13H2,1-3H3,(H,19,20). The van der Waals surface area contributed by atoms with Gasteiger partial charge in [0.1, 0.15) is 5.75 Å². The number of rotatable bonds is 10. The summed E-state index contributed by atoms with van der Waals surface area (Å²) < 4.78 is 11.4. The van der Waals surface area contributed by atoms with Crippen LogP contribution in [0.2, 0.25) is 0 Å². The van der Waals surface area contributed by atoms with Crippen molar-refractivity contribution < 1.29 is 9.47 Å². The molecule has 2 aromatic rings. The maximum Gasteiger partial charge on any atom is 0.123 e. The maximum atomic E-state index is 5.95. The van der Waals surface area contributed by atoms with Gasteiger partial charge >= 0.3 is 0 Å². The van der Waals surface area contributed by atoms with E-state index < -0.39 is 0 Å². The molecule has 23 heavy (non-hydrogen) atoms. The third kappa shape index (κ3) is 5.69. The summed E-state index contributed by atoms with van der Waals surface area (Å²) >= 11 is 0. The maximum absolute atomic E-state index is 5.95. The smallest absolute Gasteiger partial charge is 0.123 e. The number of nitrogens with one attached hydrogen (secondary N) is 1. The quantitative estimate of drug-likeness (QED) is 0.731. The van der Waals surface area contributed by atoms with Crippen LogP contribution in [0, 0.1) is 0 Å². The number of aromatic nitrogens is 2. The fourth-order valence-corrected chi connectivity index (χ4v) is 2.55. The number of benzene rings is 1. The highest BCUT2D eigenvalue weighted by atomic mass is 16.5. The fourth-order valence-electron chi connectivity index (χ4n) is 2.55. The number of hydrogen-bond donors (Lipinski definition) is 1. The van der Waals surface area contributed by atoms with Gasteiger partial charge in [0.2, 0.25) is 0 Å². The number of H-pyrrole nitrogens is 1. The number of imidazole rings is 1. The van der Waals surface area contributed by atoms with Gasteiger partial charge in [-0.1, -0.05) is 25.1 Å². The van der Waals surface area contributed by atoms with Crippen LogP contribution in [0.4, 0.5) is 0 Å². The van der Waals surface area contributed by atoms with Crippen molar-refractivity contribution >= 4 is 0 Å². The number of ether oxygens (including phenoxy) is 2. The third-order valence-electron chi connectivity index (χ3n) is 3.94. The Balaban J connectivity index is 1.76. The minimum absolute atomic E-state index is 0.256. The zero-order valence-corrected chi connectivity index (χ0v) is 14.3. The van der Waals surface area contributed by atoms with Gasteiger partial charge < -0.3 is 19.4 Å². The molecule has 0 aliphatic carbocycles. The molecule has 1 N–H and O–H groups in total. The molecule has 0 aliphatic rings. The molecule has 0 aliphatic heterocycles. The number of methoxy groups -OCH3 is 1. The Morgan fingerprint density at radius 1 is 1.30 bits per heavy atom. The van der Waals surface area contributed by atoms with Gasteiger partial charge in [0.05, 0.1) is 31.8 Å². The van der Waals surface area contributed by atoms with Crippen LogP contribution in [-0.2, 0) is 17.9 Å². The van der Waals surface area contributed by atoms with Gasteiger partial charge in [-0.25, -0.2) is 4.98 Å². The van der Waals surface area contributed by atoms with Crippen molar-refractivity contribution in [3.63, 3.8) is 0 Å². The van der Waals surface area contributed by atoms with Crippen LogP contribution in [0.25, 0.3) is 0 Å². The summed E-state index contributed by atoms with van der Waals surface area (Å²) in [6, 6.07) is 8.16. The minimum Gasteiger partial charge on any atom is -0.496 e. The molecule has 0 amide bonds. The van der Waals surface area contributed by atoms with Gasteiger partial charge in [0.15, 0.2) is 0 Å². The Labute approximate surface area is 138 Å². The first-order valence-corrected chi connectivity index (χ1v) is 8.12. The van der Waals surface area contributed by atoms with E-state index in [4.69, 9.17) is 9.47 Å². The van der Waals surface area contributed by atoms with E-state index in [1.807, 2.05) is 24.4 Å². The lowest BCUT2D eigenvalue weighted by molar-refractivity contribution is 0.0253. The highest BCUT2D eigenvalue weighted by Crippen LogP contribution is 2.19. The zero-order valence-electron chi connectivity index (χ0n) is 14.3. The molecule has 1 aromatic carbocycles. The van der Waals surface area contributed by atoms with Crippen LogP contribution >= 0.6 is 0 Å². The topological polar surface area (TPSA) is 50.4 Å². The van der Waals surface area contributed by atoms with Gasteiger partial charge in [-0.2, -0.15) is 0 Å². The first-order valence-electron chi connectivity index (χ1n) is 8.12. The predicted molar refractivity (Wildman–Crippen MR) is 91.4 cm³/mol. The van der Waals surface area contributed by atoms with Crippen molar-refractivity contribution in [2.24, 2.45) is 0 Å². The Bertz CT molecular complexity index is 557. The fraction of sp³-hybridized carbons (Fsp3) is 0.500. The Morgan fingerprint density at radius 2 is 2.13 bits per heavy atom. The Morgan fingerprint density at radius 3 is 2.83 bits per heavy atom. The SMILES string of the molecule is CCC(CCN(C)Cc1ccccc1OC)OCc1c[nH]cn1. The molecule has 1 aromatic heterocycles. The van der Waals surface area contributed by atoms with Crippen LogP contribution in [-0.4, -0.2) is 41.7 Å². The van der Waals surface area contributed by atoms with Gasteiger partial charge in [-0.15, -0.1) is 0 Å². The molecule has 5 nitrogen and oxygen atoms in total. The summed E-state index contributed by atoms with van der Waals surface area (Å²) in [5.74, 6) is 0.946. The molecular weight excluding hydrogens is 290 g/mol. The minimum atomic E-state index is 0.256. The van der Waals surface area contributed by atoms with E-state index in [9.17, 15) is 0 Å². The van der Waals surface area contributed by atoms with Crippen molar-refractivity contribution in [3.05, 3.63) is 48.0 Å². The molecule has 2 rings (SSSR count). The van der Waals surface area contributed by atoms with E-state index in [1.54, 1.807) is 13.4 Å². The van der Waals surface area contributed by atoms with Crippen LogP contribution in [0.3, 0.4) is 0 Å². The molecule has 0 saturated heterocycles.